The Morgan fingerprint density at radius 3 is 2.48 bits per heavy atom. The number of hydrogen-bond donors (Lipinski definition) is 1. The largest absolute Gasteiger partial charge is 0.478 e. The van der Waals surface area contributed by atoms with Gasteiger partial charge >= 0.3 is 0 Å². The summed E-state index contributed by atoms with van der Waals surface area (Å²) < 4.78 is 5.42. The molecule has 1 fully saturated rings. The summed E-state index contributed by atoms with van der Waals surface area (Å²) in [5.74, 6) is 1.27. The number of rotatable bonds is 6. The molecule has 2 heterocycles. The highest BCUT2D eigenvalue weighted by Gasteiger charge is 2.21. The first-order valence-electron chi connectivity index (χ1n) is 9.77. The number of nitrogens with one attached hydrogen (secondary N) is 1. The molecule has 1 aliphatic rings. The molecule has 0 aliphatic carbocycles. The van der Waals surface area contributed by atoms with Gasteiger partial charge in [0.25, 0.3) is 0 Å². The zero-order valence-electron chi connectivity index (χ0n) is 16.4. The van der Waals surface area contributed by atoms with Gasteiger partial charge in [-0.1, -0.05) is 24.3 Å². The molecule has 1 N–H and O–H groups in total. The van der Waals surface area contributed by atoms with Gasteiger partial charge in [0.1, 0.15) is 0 Å². The van der Waals surface area contributed by atoms with Gasteiger partial charge in [-0.05, 0) is 49.8 Å². The minimum Gasteiger partial charge on any atom is -0.478 e. The van der Waals surface area contributed by atoms with Crippen LogP contribution < -0.4 is 15.0 Å². The number of carbonyl (C=O) groups excluding carboxylic acids is 1. The molecule has 5 nitrogen and oxygen atoms in total. The highest BCUT2D eigenvalue weighted by Crippen LogP contribution is 2.31. The van der Waals surface area contributed by atoms with Crippen molar-refractivity contribution in [3.05, 3.63) is 53.7 Å². The summed E-state index contributed by atoms with van der Waals surface area (Å²) in [6, 6.07) is 12.8. The van der Waals surface area contributed by atoms with Crippen molar-refractivity contribution in [3.63, 3.8) is 0 Å². The maximum absolute atomic E-state index is 11.2. The SMILES string of the molecule is CCOc1ccc(N2CCC(c3ccc(C(C)NC(C)=O)cc3)CC2)cn1. The number of piperidine rings is 1. The van der Waals surface area contributed by atoms with Gasteiger partial charge in [-0.2, -0.15) is 0 Å². The Morgan fingerprint density at radius 2 is 1.93 bits per heavy atom. The van der Waals surface area contributed by atoms with E-state index in [2.05, 4.69) is 45.5 Å². The molecule has 0 radical (unpaired) electrons. The molecule has 3 rings (SSSR count). The Balaban J connectivity index is 1.56. The molecule has 1 atom stereocenters. The fraction of sp³-hybridized carbons (Fsp3) is 0.455. The van der Waals surface area contributed by atoms with Crippen LogP contribution in [0.25, 0.3) is 0 Å². The summed E-state index contributed by atoms with van der Waals surface area (Å²) in [6.07, 6.45) is 4.17. The molecule has 1 amide bonds. The van der Waals surface area contributed by atoms with Crippen LogP contribution in [-0.4, -0.2) is 30.6 Å². The smallest absolute Gasteiger partial charge is 0.217 e. The molecule has 1 aromatic carbocycles. The van der Waals surface area contributed by atoms with E-state index < -0.39 is 0 Å². The molecule has 0 saturated carbocycles. The lowest BCUT2D eigenvalue weighted by Gasteiger charge is -2.33. The average Bonchev–Trinajstić information content (AvgIpc) is 2.69. The highest BCUT2D eigenvalue weighted by molar-refractivity contribution is 5.73. The van der Waals surface area contributed by atoms with Gasteiger partial charge in [-0.3, -0.25) is 4.79 Å². The first-order chi connectivity index (χ1) is 13.1. The normalized spacial score (nSPS) is 16.0. The van der Waals surface area contributed by atoms with Crippen LogP contribution in [0, 0.1) is 0 Å². The number of amides is 1. The van der Waals surface area contributed by atoms with Crippen LogP contribution >= 0.6 is 0 Å². The van der Waals surface area contributed by atoms with Crippen LogP contribution in [0.3, 0.4) is 0 Å². The molecular weight excluding hydrogens is 338 g/mol. The minimum atomic E-state index is 0.00253. The predicted octanol–water partition coefficient (Wildman–Crippen LogP) is 4.06. The van der Waals surface area contributed by atoms with E-state index in [9.17, 15) is 4.79 Å². The van der Waals surface area contributed by atoms with Crippen molar-refractivity contribution >= 4 is 11.6 Å². The summed E-state index contributed by atoms with van der Waals surface area (Å²) in [7, 11) is 0. The highest BCUT2D eigenvalue weighted by atomic mass is 16.5. The fourth-order valence-electron chi connectivity index (χ4n) is 3.71. The number of benzene rings is 1. The number of aromatic nitrogens is 1. The number of nitrogens with zero attached hydrogens (tertiary/aromatic N) is 2. The van der Waals surface area contributed by atoms with Crippen molar-refractivity contribution < 1.29 is 9.53 Å². The van der Waals surface area contributed by atoms with E-state index in [1.54, 1.807) is 6.92 Å². The molecule has 1 aliphatic heterocycles. The van der Waals surface area contributed by atoms with Crippen molar-refractivity contribution in [1.82, 2.24) is 10.3 Å². The van der Waals surface area contributed by atoms with Gasteiger partial charge in [-0.15, -0.1) is 0 Å². The molecule has 2 aromatic rings. The third-order valence-corrected chi connectivity index (χ3v) is 5.20. The quantitative estimate of drug-likeness (QED) is 0.836. The Kier molecular flexibility index (Phi) is 6.32. The molecule has 144 valence electrons. The Labute approximate surface area is 161 Å². The maximum atomic E-state index is 11.2. The van der Waals surface area contributed by atoms with Gasteiger partial charge in [0.2, 0.25) is 11.8 Å². The third-order valence-electron chi connectivity index (χ3n) is 5.20. The molecule has 0 spiro atoms. The van der Waals surface area contributed by atoms with Crippen molar-refractivity contribution in [3.8, 4) is 5.88 Å². The molecule has 5 heteroatoms. The van der Waals surface area contributed by atoms with Crippen LogP contribution in [0.1, 0.15) is 56.7 Å². The lowest BCUT2D eigenvalue weighted by atomic mass is 9.88. The van der Waals surface area contributed by atoms with Gasteiger partial charge in [-0.25, -0.2) is 4.98 Å². The number of hydrogen-bond acceptors (Lipinski definition) is 4. The van der Waals surface area contributed by atoms with Crippen molar-refractivity contribution in [2.75, 3.05) is 24.6 Å². The van der Waals surface area contributed by atoms with Crippen LogP contribution in [0.5, 0.6) is 5.88 Å². The van der Waals surface area contributed by atoms with Crippen molar-refractivity contribution in [2.24, 2.45) is 0 Å². The second-order valence-electron chi connectivity index (χ2n) is 7.14. The van der Waals surface area contributed by atoms with E-state index in [1.165, 1.54) is 5.56 Å². The topological polar surface area (TPSA) is 54.5 Å². The number of carbonyl (C=O) groups is 1. The van der Waals surface area contributed by atoms with Crippen LogP contribution in [0.2, 0.25) is 0 Å². The lowest BCUT2D eigenvalue weighted by Crippen LogP contribution is -2.32. The molecule has 1 aromatic heterocycles. The number of anilines is 1. The predicted molar refractivity (Wildman–Crippen MR) is 108 cm³/mol. The standard InChI is InChI=1S/C22H29N3O2/c1-4-27-22-10-9-21(15-23-22)25-13-11-20(12-14-25)19-7-5-18(6-8-19)16(2)24-17(3)26/h5-10,15-16,20H,4,11-14H2,1-3H3,(H,24,26). The van der Waals surface area contributed by atoms with Gasteiger partial charge < -0.3 is 15.0 Å². The van der Waals surface area contributed by atoms with E-state index >= 15 is 0 Å². The second kappa shape index (κ2) is 8.89. The summed E-state index contributed by atoms with van der Waals surface area (Å²) in [5.41, 5.74) is 3.70. The summed E-state index contributed by atoms with van der Waals surface area (Å²) in [5, 5.41) is 2.93. The molecular formula is C22H29N3O2. The van der Waals surface area contributed by atoms with E-state index in [-0.39, 0.29) is 11.9 Å². The minimum absolute atomic E-state index is 0.00253. The summed E-state index contributed by atoms with van der Waals surface area (Å²) in [4.78, 5) is 18.0. The van der Waals surface area contributed by atoms with Gasteiger partial charge in [0.05, 0.1) is 24.5 Å². The number of ether oxygens (including phenoxy) is 1. The average molecular weight is 367 g/mol. The molecule has 0 bridgehead atoms. The van der Waals surface area contributed by atoms with Crippen LogP contribution in [0.4, 0.5) is 5.69 Å². The van der Waals surface area contributed by atoms with E-state index in [0.29, 0.717) is 18.4 Å². The second-order valence-corrected chi connectivity index (χ2v) is 7.14. The van der Waals surface area contributed by atoms with Crippen LogP contribution in [-0.2, 0) is 4.79 Å². The third kappa shape index (κ3) is 5.00. The molecule has 1 unspecified atom stereocenters. The lowest BCUT2D eigenvalue weighted by molar-refractivity contribution is -0.119. The zero-order chi connectivity index (χ0) is 19.2. The monoisotopic (exact) mass is 367 g/mol. The van der Waals surface area contributed by atoms with Gasteiger partial charge in [0, 0.05) is 26.1 Å². The maximum Gasteiger partial charge on any atom is 0.217 e. The van der Waals surface area contributed by atoms with Crippen LogP contribution in [0.15, 0.2) is 42.6 Å². The first-order valence-corrected chi connectivity index (χ1v) is 9.77. The Bertz CT molecular complexity index is 735. The fourth-order valence-corrected chi connectivity index (χ4v) is 3.71. The van der Waals surface area contributed by atoms with Gasteiger partial charge in [0.15, 0.2) is 0 Å². The molecule has 27 heavy (non-hydrogen) atoms. The van der Waals surface area contributed by atoms with Crippen molar-refractivity contribution in [2.45, 2.75) is 45.6 Å². The first kappa shape index (κ1) is 19.2. The van der Waals surface area contributed by atoms with E-state index in [1.807, 2.05) is 26.1 Å². The molecule has 1 saturated heterocycles. The summed E-state index contributed by atoms with van der Waals surface area (Å²) >= 11 is 0. The Morgan fingerprint density at radius 1 is 1.22 bits per heavy atom. The Hall–Kier alpha value is -2.56. The van der Waals surface area contributed by atoms with E-state index in [4.69, 9.17) is 4.74 Å². The van der Waals surface area contributed by atoms with E-state index in [0.717, 1.165) is 37.2 Å². The number of pyridine rings is 1. The summed E-state index contributed by atoms with van der Waals surface area (Å²) in [6.45, 7) is 8.24. The van der Waals surface area contributed by atoms with Crippen molar-refractivity contribution in [1.29, 1.82) is 0 Å². The zero-order valence-corrected chi connectivity index (χ0v) is 16.4.